The van der Waals surface area contributed by atoms with E-state index in [-0.39, 0.29) is 0 Å². The molecule has 1 aliphatic heterocycles. The van der Waals surface area contributed by atoms with Crippen LogP contribution in [-0.2, 0) is 4.74 Å². The minimum atomic E-state index is 0.523. The third-order valence-corrected chi connectivity index (χ3v) is 4.64. The smallest absolute Gasteiger partial charge is 0.150 e. The molecular formula is C12H16O2S2. The Hall–Kier alpha value is -0.450. The molecular weight excluding hydrogens is 240 g/mol. The summed E-state index contributed by atoms with van der Waals surface area (Å²) in [6.45, 7) is 1.99. The molecule has 0 saturated carbocycles. The van der Waals surface area contributed by atoms with Crippen LogP contribution in [0.25, 0.3) is 0 Å². The maximum atomic E-state index is 10.1. The highest BCUT2D eigenvalue weighted by molar-refractivity contribution is 8.77. The van der Waals surface area contributed by atoms with E-state index in [1.54, 1.807) is 7.11 Å². The Morgan fingerprint density at radius 2 is 1.81 bits per heavy atom. The van der Waals surface area contributed by atoms with Gasteiger partial charge in [0.2, 0.25) is 0 Å². The van der Waals surface area contributed by atoms with Crippen LogP contribution >= 0.6 is 21.6 Å². The predicted molar refractivity (Wildman–Crippen MR) is 72.3 cm³/mol. The van der Waals surface area contributed by atoms with E-state index < -0.39 is 0 Å². The highest BCUT2D eigenvalue weighted by Gasteiger charge is 2.13. The summed E-state index contributed by atoms with van der Waals surface area (Å²) in [5.74, 6) is 2.34. The lowest BCUT2D eigenvalue weighted by Crippen LogP contribution is -2.10. The minimum absolute atomic E-state index is 0.523. The molecule has 0 bridgehead atoms. The summed E-state index contributed by atoms with van der Waals surface area (Å²) in [6, 6.07) is 7.46. The van der Waals surface area contributed by atoms with Crippen molar-refractivity contribution < 1.29 is 9.53 Å². The van der Waals surface area contributed by atoms with E-state index in [0.717, 1.165) is 11.8 Å². The molecule has 0 radical (unpaired) electrons. The van der Waals surface area contributed by atoms with Gasteiger partial charge >= 0.3 is 0 Å². The van der Waals surface area contributed by atoms with Crippen LogP contribution in [0.1, 0.15) is 15.9 Å². The van der Waals surface area contributed by atoms with Gasteiger partial charge in [-0.1, -0.05) is 51.4 Å². The molecule has 1 aliphatic rings. The third-order valence-electron chi connectivity index (χ3n) is 2.14. The minimum Gasteiger partial charge on any atom is -0.380 e. The first kappa shape index (κ1) is 13.6. The molecule has 0 amide bonds. The van der Waals surface area contributed by atoms with Crippen LogP contribution in [0.5, 0.6) is 0 Å². The lowest BCUT2D eigenvalue weighted by molar-refractivity contribution is 0.112. The van der Waals surface area contributed by atoms with Gasteiger partial charge in [-0.2, -0.15) is 0 Å². The summed E-state index contributed by atoms with van der Waals surface area (Å²) in [6.07, 6.45) is 1.37. The molecule has 2 rings (SSSR count). The van der Waals surface area contributed by atoms with Gasteiger partial charge in [0.05, 0.1) is 6.10 Å². The highest BCUT2D eigenvalue weighted by Crippen LogP contribution is 2.31. The quantitative estimate of drug-likeness (QED) is 0.599. The van der Waals surface area contributed by atoms with Crippen LogP contribution in [-0.4, -0.2) is 31.0 Å². The van der Waals surface area contributed by atoms with Gasteiger partial charge in [0.1, 0.15) is 6.29 Å². The fourth-order valence-corrected chi connectivity index (χ4v) is 3.72. The van der Waals surface area contributed by atoms with Gasteiger partial charge in [-0.3, -0.25) is 4.79 Å². The van der Waals surface area contributed by atoms with Gasteiger partial charge in [-0.05, 0) is 6.92 Å². The number of carbonyl (C=O) groups is 1. The topological polar surface area (TPSA) is 26.3 Å². The molecule has 0 aromatic heterocycles. The standard InChI is InChI=1S/C8H8O.C4H8OS2/c1-7-2-4-8(6-9)5-3-7;1-5-4-2-6-7-3-4/h2-6H,1H3;4H,2-3H2,1H3. The number of hydrogen-bond acceptors (Lipinski definition) is 4. The molecule has 0 N–H and O–H groups in total. The molecule has 4 heteroatoms. The van der Waals surface area contributed by atoms with Crippen LogP contribution in [0.2, 0.25) is 0 Å². The van der Waals surface area contributed by atoms with Crippen LogP contribution in [0, 0.1) is 6.92 Å². The molecule has 1 heterocycles. The van der Waals surface area contributed by atoms with E-state index in [4.69, 9.17) is 4.74 Å². The van der Waals surface area contributed by atoms with E-state index in [1.807, 2.05) is 52.8 Å². The molecule has 1 saturated heterocycles. The second kappa shape index (κ2) is 7.76. The Morgan fingerprint density at radius 1 is 1.25 bits per heavy atom. The fourth-order valence-electron chi connectivity index (χ4n) is 1.08. The monoisotopic (exact) mass is 256 g/mol. The average molecular weight is 256 g/mol. The number of methoxy groups -OCH3 is 1. The number of aryl methyl sites for hydroxylation is 1. The average Bonchev–Trinajstić information content (AvgIpc) is 2.84. The van der Waals surface area contributed by atoms with Crippen molar-refractivity contribution in [3.63, 3.8) is 0 Å². The zero-order valence-corrected chi connectivity index (χ0v) is 11.1. The van der Waals surface area contributed by atoms with Gasteiger partial charge in [0.25, 0.3) is 0 Å². The molecule has 2 nitrogen and oxygen atoms in total. The summed E-state index contributed by atoms with van der Waals surface area (Å²) in [4.78, 5) is 10.1. The Bertz CT molecular complexity index is 305. The summed E-state index contributed by atoms with van der Waals surface area (Å²) >= 11 is 0. The number of ether oxygens (including phenoxy) is 1. The fraction of sp³-hybridized carbons (Fsp3) is 0.417. The number of carbonyl (C=O) groups excluding carboxylic acids is 1. The lowest BCUT2D eigenvalue weighted by atomic mass is 10.2. The maximum absolute atomic E-state index is 10.1. The molecule has 1 aromatic carbocycles. The van der Waals surface area contributed by atoms with Crippen LogP contribution < -0.4 is 0 Å². The Kier molecular flexibility index (Phi) is 6.61. The molecule has 0 spiro atoms. The predicted octanol–water partition coefficient (Wildman–Crippen LogP) is 3.20. The van der Waals surface area contributed by atoms with Gasteiger partial charge in [0.15, 0.2) is 0 Å². The summed E-state index contributed by atoms with van der Waals surface area (Å²) in [5, 5.41) is 0. The molecule has 0 aliphatic carbocycles. The second-order valence-corrected chi connectivity index (χ2v) is 6.01. The molecule has 0 atom stereocenters. The summed E-state index contributed by atoms with van der Waals surface area (Å²) < 4.78 is 5.07. The third kappa shape index (κ3) is 5.05. The number of rotatable bonds is 2. The normalized spacial score (nSPS) is 15.4. The van der Waals surface area contributed by atoms with E-state index in [1.165, 1.54) is 17.1 Å². The Labute approximate surface area is 105 Å². The molecule has 1 fully saturated rings. The first-order chi connectivity index (χ1) is 7.76. The van der Waals surface area contributed by atoms with Crippen molar-refractivity contribution >= 4 is 27.9 Å². The van der Waals surface area contributed by atoms with E-state index >= 15 is 0 Å². The Balaban J connectivity index is 0.000000165. The van der Waals surface area contributed by atoms with Crippen LogP contribution in [0.4, 0.5) is 0 Å². The van der Waals surface area contributed by atoms with Gasteiger partial charge in [0, 0.05) is 24.2 Å². The van der Waals surface area contributed by atoms with Crippen LogP contribution in [0.15, 0.2) is 24.3 Å². The zero-order valence-electron chi connectivity index (χ0n) is 9.51. The van der Waals surface area contributed by atoms with Crippen LogP contribution in [0.3, 0.4) is 0 Å². The lowest BCUT2D eigenvalue weighted by Gasteiger charge is -2.00. The zero-order chi connectivity index (χ0) is 11.8. The number of aldehydes is 1. The van der Waals surface area contributed by atoms with Gasteiger partial charge in [-0.25, -0.2) is 0 Å². The van der Waals surface area contributed by atoms with E-state index in [9.17, 15) is 4.79 Å². The number of hydrogen-bond donors (Lipinski definition) is 0. The SMILES string of the molecule is COC1CSSC1.Cc1ccc(C=O)cc1. The van der Waals surface area contributed by atoms with Crippen molar-refractivity contribution in [2.45, 2.75) is 13.0 Å². The molecule has 16 heavy (non-hydrogen) atoms. The first-order valence-electron chi connectivity index (χ1n) is 5.05. The van der Waals surface area contributed by atoms with Crippen molar-refractivity contribution in [1.29, 1.82) is 0 Å². The van der Waals surface area contributed by atoms with Crippen molar-refractivity contribution in [3.8, 4) is 0 Å². The van der Waals surface area contributed by atoms with Crippen molar-refractivity contribution in [2.75, 3.05) is 18.6 Å². The van der Waals surface area contributed by atoms with E-state index in [0.29, 0.717) is 6.10 Å². The number of benzene rings is 1. The first-order valence-corrected chi connectivity index (χ1v) is 7.54. The van der Waals surface area contributed by atoms with Gasteiger partial charge < -0.3 is 4.74 Å². The second-order valence-electron chi connectivity index (χ2n) is 3.46. The summed E-state index contributed by atoms with van der Waals surface area (Å²) in [5.41, 5.74) is 1.92. The van der Waals surface area contributed by atoms with Crippen molar-refractivity contribution in [3.05, 3.63) is 35.4 Å². The molecule has 88 valence electrons. The highest BCUT2D eigenvalue weighted by atomic mass is 33.1. The maximum Gasteiger partial charge on any atom is 0.150 e. The van der Waals surface area contributed by atoms with E-state index in [2.05, 4.69) is 0 Å². The largest absolute Gasteiger partial charge is 0.380 e. The summed E-state index contributed by atoms with van der Waals surface area (Å²) in [7, 11) is 5.57. The van der Waals surface area contributed by atoms with Crippen molar-refractivity contribution in [1.82, 2.24) is 0 Å². The van der Waals surface area contributed by atoms with Gasteiger partial charge in [-0.15, -0.1) is 0 Å². The van der Waals surface area contributed by atoms with Crippen molar-refractivity contribution in [2.24, 2.45) is 0 Å². The Morgan fingerprint density at radius 3 is 2.19 bits per heavy atom. The molecule has 0 unspecified atom stereocenters. The molecule has 1 aromatic rings.